The Morgan fingerprint density at radius 3 is 2.65 bits per heavy atom. The highest BCUT2D eigenvalue weighted by Crippen LogP contribution is 2.30. The average molecular weight is 531 g/mol. The standard InChI is InChI=1S/C25H25BrF2N4O2/c1-34-12-11-32-14-18(17-7-8-19(27)20(28)13-17)22(15-32)30-25(33)29-21-9-10-23(26)31-24(21)16-5-3-2-4-6-16/h2-10,13,18,22H,11-12,14-15H2,1H3,(H2,29,30,33). The second kappa shape index (κ2) is 11.0. The van der Waals surface area contributed by atoms with E-state index in [-0.39, 0.29) is 12.0 Å². The third-order valence-electron chi connectivity index (χ3n) is 5.85. The van der Waals surface area contributed by atoms with Gasteiger partial charge >= 0.3 is 6.03 Å². The Kier molecular flexibility index (Phi) is 7.87. The van der Waals surface area contributed by atoms with Crippen LogP contribution < -0.4 is 10.6 Å². The monoisotopic (exact) mass is 530 g/mol. The normalized spacial score (nSPS) is 18.1. The SMILES string of the molecule is COCCN1CC(NC(=O)Nc2ccc(Br)nc2-c2ccccc2)C(c2ccc(F)c(F)c2)C1. The smallest absolute Gasteiger partial charge is 0.319 e. The van der Waals surface area contributed by atoms with E-state index < -0.39 is 17.7 Å². The van der Waals surface area contributed by atoms with Crippen LogP contribution in [0.3, 0.4) is 0 Å². The zero-order chi connectivity index (χ0) is 24.1. The molecule has 2 atom stereocenters. The van der Waals surface area contributed by atoms with Crippen molar-refractivity contribution >= 4 is 27.6 Å². The number of hydrogen-bond acceptors (Lipinski definition) is 4. The highest BCUT2D eigenvalue weighted by atomic mass is 79.9. The first kappa shape index (κ1) is 24.3. The van der Waals surface area contributed by atoms with E-state index in [1.165, 1.54) is 6.07 Å². The van der Waals surface area contributed by atoms with Crippen molar-refractivity contribution in [3.63, 3.8) is 0 Å². The molecule has 34 heavy (non-hydrogen) atoms. The molecular weight excluding hydrogens is 506 g/mol. The lowest BCUT2D eigenvalue weighted by molar-refractivity contribution is 0.159. The minimum atomic E-state index is -0.899. The highest BCUT2D eigenvalue weighted by molar-refractivity contribution is 9.10. The molecule has 9 heteroatoms. The van der Waals surface area contributed by atoms with Crippen LogP contribution in [0.1, 0.15) is 11.5 Å². The largest absolute Gasteiger partial charge is 0.383 e. The van der Waals surface area contributed by atoms with Crippen LogP contribution >= 0.6 is 15.9 Å². The second-order valence-electron chi connectivity index (χ2n) is 8.13. The molecule has 3 aromatic rings. The number of methoxy groups -OCH3 is 1. The van der Waals surface area contributed by atoms with E-state index in [2.05, 4.69) is 36.4 Å². The van der Waals surface area contributed by atoms with Crippen LogP contribution in [0.25, 0.3) is 11.3 Å². The summed E-state index contributed by atoms with van der Waals surface area (Å²) in [5.74, 6) is -1.99. The number of pyridine rings is 1. The Labute approximate surface area is 205 Å². The maximum Gasteiger partial charge on any atom is 0.319 e. The van der Waals surface area contributed by atoms with Crippen molar-refractivity contribution in [3.8, 4) is 11.3 Å². The molecule has 2 unspecified atom stereocenters. The van der Waals surface area contributed by atoms with Gasteiger partial charge in [0.05, 0.1) is 24.0 Å². The maximum atomic E-state index is 13.9. The van der Waals surface area contributed by atoms with Gasteiger partial charge in [-0.15, -0.1) is 0 Å². The number of carbonyl (C=O) groups is 1. The topological polar surface area (TPSA) is 66.5 Å². The van der Waals surface area contributed by atoms with E-state index in [0.717, 1.165) is 11.6 Å². The first-order chi connectivity index (χ1) is 16.4. The molecule has 1 aliphatic rings. The van der Waals surface area contributed by atoms with Gasteiger partial charge in [0.25, 0.3) is 0 Å². The number of carbonyl (C=O) groups excluding carboxylic acids is 1. The molecule has 2 amide bonds. The number of ether oxygens (including phenoxy) is 1. The number of amides is 2. The van der Waals surface area contributed by atoms with Gasteiger partial charge in [0.15, 0.2) is 11.6 Å². The Bertz CT molecular complexity index is 1150. The number of urea groups is 1. The molecule has 178 valence electrons. The molecule has 0 spiro atoms. The predicted molar refractivity (Wildman–Crippen MR) is 131 cm³/mol. The Balaban J connectivity index is 1.53. The minimum Gasteiger partial charge on any atom is -0.383 e. The van der Waals surface area contributed by atoms with Crippen LogP contribution in [0.15, 0.2) is 65.3 Å². The molecule has 2 heterocycles. The molecule has 2 aromatic carbocycles. The van der Waals surface area contributed by atoms with Gasteiger partial charge in [-0.2, -0.15) is 0 Å². The summed E-state index contributed by atoms with van der Waals surface area (Å²) in [5, 5.41) is 5.92. The maximum absolute atomic E-state index is 13.9. The first-order valence-corrected chi connectivity index (χ1v) is 11.7. The summed E-state index contributed by atoms with van der Waals surface area (Å²) in [6.45, 7) is 2.36. The van der Waals surface area contributed by atoms with Gasteiger partial charge in [-0.25, -0.2) is 18.6 Å². The molecule has 1 saturated heterocycles. The number of likely N-dealkylation sites (tertiary alicyclic amines) is 1. The van der Waals surface area contributed by atoms with Crippen molar-refractivity contribution in [2.24, 2.45) is 0 Å². The molecule has 2 N–H and O–H groups in total. The number of nitrogens with zero attached hydrogens (tertiary/aromatic N) is 2. The summed E-state index contributed by atoms with van der Waals surface area (Å²) in [4.78, 5) is 19.7. The summed E-state index contributed by atoms with van der Waals surface area (Å²) in [6.07, 6.45) is 0. The van der Waals surface area contributed by atoms with Crippen molar-refractivity contribution < 1.29 is 18.3 Å². The summed E-state index contributed by atoms with van der Waals surface area (Å²) >= 11 is 3.39. The van der Waals surface area contributed by atoms with E-state index >= 15 is 0 Å². The summed E-state index contributed by atoms with van der Waals surface area (Å²) in [7, 11) is 1.63. The number of benzene rings is 2. The lowest BCUT2D eigenvalue weighted by atomic mass is 9.94. The van der Waals surface area contributed by atoms with Crippen LogP contribution in [0.5, 0.6) is 0 Å². The zero-order valence-corrected chi connectivity index (χ0v) is 20.2. The van der Waals surface area contributed by atoms with Gasteiger partial charge in [0, 0.05) is 38.2 Å². The molecular formula is C25H25BrF2N4O2. The third-order valence-corrected chi connectivity index (χ3v) is 6.29. The van der Waals surface area contributed by atoms with Crippen LogP contribution in [-0.4, -0.2) is 55.3 Å². The summed E-state index contributed by atoms with van der Waals surface area (Å²) < 4.78 is 33.3. The zero-order valence-electron chi connectivity index (χ0n) is 18.6. The number of anilines is 1. The third kappa shape index (κ3) is 5.78. The molecule has 1 fully saturated rings. The molecule has 0 aliphatic carbocycles. The Morgan fingerprint density at radius 1 is 1.12 bits per heavy atom. The van der Waals surface area contributed by atoms with E-state index in [1.807, 2.05) is 30.3 Å². The number of hydrogen-bond donors (Lipinski definition) is 2. The molecule has 1 aliphatic heterocycles. The van der Waals surface area contributed by atoms with Crippen molar-refractivity contribution in [2.75, 3.05) is 38.7 Å². The summed E-state index contributed by atoms with van der Waals surface area (Å²) in [5.41, 5.74) is 2.70. The number of halogens is 3. The van der Waals surface area contributed by atoms with Crippen LogP contribution in [0, 0.1) is 11.6 Å². The quantitative estimate of drug-likeness (QED) is 0.420. The van der Waals surface area contributed by atoms with Gasteiger partial charge in [0.2, 0.25) is 0 Å². The van der Waals surface area contributed by atoms with E-state index in [9.17, 15) is 13.6 Å². The van der Waals surface area contributed by atoms with Crippen LogP contribution in [0.4, 0.5) is 19.3 Å². The fraction of sp³-hybridized carbons (Fsp3) is 0.280. The second-order valence-corrected chi connectivity index (χ2v) is 8.95. The Morgan fingerprint density at radius 2 is 1.91 bits per heavy atom. The fourth-order valence-electron chi connectivity index (χ4n) is 4.19. The van der Waals surface area contributed by atoms with Crippen molar-refractivity contribution in [1.29, 1.82) is 0 Å². The average Bonchev–Trinajstić information content (AvgIpc) is 3.23. The van der Waals surface area contributed by atoms with Gasteiger partial charge in [-0.1, -0.05) is 36.4 Å². The fourth-order valence-corrected chi connectivity index (χ4v) is 4.50. The van der Waals surface area contributed by atoms with Gasteiger partial charge in [-0.3, -0.25) is 4.90 Å². The van der Waals surface area contributed by atoms with Crippen LogP contribution in [0.2, 0.25) is 0 Å². The predicted octanol–water partition coefficient (Wildman–Crippen LogP) is 5.03. The number of rotatable bonds is 7. The van der Waals surface area contributed by atoms with Gasteiger partial charge in [0.1, 0.15) is 4.60 Å². The minimum absolute atomic E-state index is 0.200. The molecule has 0 radical (unpaired) electrons. The molecule has 4 rings (SSSR count). The van der Waals surface area contributed by atoms with Crippen molar-refractivity contribution in [2.45, 2.75) is 12.0 Å². The number of aromatic nitrogens is 1. The number of nitrogens with one attached hydrogen (secondary N) is 2. The molecule has 0 bridgehead atoms. The molecule has 1 aromatic heterocycles. The van der Waals surface area contributed by atoms with Crippen LogP contribution in [-0.2, 0) is 4.74 Å². The van der Waals surface area contributed by atoms with Crippen molar-refractivity contribution in [3.05, 3.63) is 82.5 Å². The van der Waals surface area contributed by atoms with E-state index in [0.29, 0.717) is 47.8 Å². The molecule has 0 saturated carbocycles. The van der Waals surface area contributed by atoms with E-state index in [1.54, 1.807) is 25.3 Å². The Hall–Kier alpha value is -2.88. The van der Waals surface area contributed by atoms with Crippen molar-refractivity contribution in [1.82, 2.24) is 15.2 Å². The lowest BCUT2D eigenvalue weighted by Gasteiger charge is -2.21. The van der Waals surface area contributed by atoms with Gasteiger partial charge < -0.3 is 15.4 Å². The van der Waals surface area contributed by atoms with E-state index in [4.69, 9.17) is 4.74 Å². The first-order valence-electron chi connectivity index (χ1n) is 10.9. The lowest BCUT2D eigenvalue weighted by Crippen LogP contribution is -2.42. The summed E-state index contributed by atoms with van der Waals surface area (Å²) in [6, 6.07) is 16.3. The van der Waals surface area contributed by atoms with Gasteiger partial charge in [-0.05, 0) is 45.8 Å². The molecule has 6 nitrogen and oxygen atoms in total. The highest BCUT2D eigenvalue weighted by Gasteiger charge is 2.35.